The maximum absolute atomic E-state index is 13.2. The smallest absolute Gasteiger partial charge is 0.141 e. The lowest BCUT2D eigenvalue weighted by atomic mass is 9.79. The highest BCUT2D eigenvalue weighted by Gasteiger charge is 2.48. The Morgan fingerprint density at radius 2 is 2.00 bits per heavy atom. The van der Waals surface area contributed by atoms with E-state index >= 15 is 0 Å². The number of rotatable bonds is 2. The minimum Gasteiger partial charge on any atom is -0.369 e. The molecule has 2 N–H and O–H groups in total. The number of hydrogen-bond donors (Lipinski definition) is 1. The van der Waals surface area contributed by atoms with Crippen LogP contribution in [-0.2, 0) is 4.74 Å². The standard InChI is InChI=1S/C15H21ClFNO/c1-14(2)8-10(15(3,4)19-14)13(18)9-5-6-12(17)11(16)7-9/h5-7,10,13H,8,18H2,1-4H3. The minimum absolute atomic E-state index is 0.115. The monoisotopic (exact) mass is 285 g/mol. The van der Waals surface area contributed by atoms with E-state index in [1.54, 1.807) is 12.1 Å². The molecular formula is C15H21ClFNO. The third-order valence-electron chi connectivity index (χ3n) is 3.91. The second kappa shape index (κ2) is 4.72. The molecule has 2 atom stereocenters. The summed E-state index contributed by atoms with van der Waals surface area (Å²) >= 11 is 5.83. The molecule has 1 aromatic rings. The summed E-state index contributed by atoms with van der Waals surface area (Å²) in [7, 11) is 0. The first-order chi connectivity index (χ1) is 8.62. The summed E-state index contributed by atoms with van der Waals surface area (Å²) in [6, 6.07) is 4.47. The van der Waals surface area contributed by atoms with Crippen molar-refractivity contribution in [3.63, 3.8) is 0 Å². The average molecular weight is 286 g/mol. The van der Waals surface area contributed by atoms with Crippen LogP contribution in [0.3, 0.4) is 0 Å². The van der Waals surface area contributed by atoms with Gasteiger partial charge in [0.15, 0.2) is 0 Å². The molecule has 2 nitrogen and oxygen atoms in total. The Morgan fingerprint density at radius 3 is 2.47 bits per heavy atom. The summed E-state index contributed by atoms with van der Waals surface area (Å²) in [4.78, 5) is 0. The molecule has 0 bridgehead atoms. The van der Waals surface area contributed by atoms with Crippen molar-refractivity contribution in [3.8, 4) is 0 Å². The molecule has 1 aliphatic heterocycles. The number of hydrogen-bond acceptors (Lipinski definition) is 2. The molecule has 0 saturated carbocycles. The van der Waals surface area contributed by atoms with Crippen LogP contribution < -0.4 is 5.73 Å². The highest BCUT2D eigenvalue weighted by Crippen LogP contribution is 2.47. The largest absolute Gasteiger partial charge is 0.369 e. The molecule has 106 valence electrons. The van der Waals surface area contributed by atoms with Crippen molar-refractivity contribution >= 4 is 11.6 Å². The topological polar surface area (TPSA) is 35.2 Å². The molecule has 2 unspecified atom stereocenters. The average Bonchev–Trinajstić information content (AvgIpc) is 2.49. The highest BCUT2D eigenvalue weighted by atomic mass is 35.5. The summed E-state index contributed by atoms with van der Waals surface area (Å²) in [6.45, 7) is 8.24. The van der Waals surface area contributed by atoms with Gasteiger partial charge in [0.05, 0.1) is 16.2 Å². The second-order valence-electron chi connectivity index (χ2n) is 6.48. The molecule has 2 rings (SSSR count). The first-order valence-electron chi connectivity index (χ1n) is 6.53. The number of nitrogens with two attached hydrogens (primary N) is 1. The molecule has 4 heteroatoms. The molecule has 19 heavy (non-hydrogen) atoms. The molecular weight excluding hydrogens is 265 g/mol. The number of halogens is 2. The molecule has 1 fully saturated rings. The zero-order valence-corrected chi connectivity index (χ0v) is 12.6. The van der Waals surface area contributed by atoms with E-state index in [0.29, 0.717) is 0 Å². The van der Waals surface area contributed by atoms with Gasteiger partial charge in [0.25, 0.3) is 0 Å². The van der Waals surface area contributed by atoms with Crippen LogP contribution in [-0.4, -0.2) is 11.2 Å². The molecule has 1 aliphatic rings. The molecule has 1 aromatic carbocycles. The maximum atomic E-state index is 13.2. The zero-order chi connectivity index (χ0) is 14.4. The van der Waals surface area contributed by atoms with Gasteiger partial charge in [-0.3, -0.25) is 0 Å². The second-order valence-corrected chi connectivity index (χ2v) is 6.88. The van der Waals surface area contributed by atoms with Crippen molar-refractivity contribution in [2.75, 3.05) is 0 Å². The van der Waals surface area contributed by atoms with Gasteiger partial charge in [0.2, 0.25) is 0 Å². The van der Waals surface area contributed by atoms with Crippen LogP contribution in [0, 0.1) is 11.7 Å². The lowest BCUT2D eigenvalue weighted by Crippen LogP contribution is -2.35. The molecule has 0 aromatic heterocycles. The van der Waals surface area contributed by atoms with Crippen molar-refractivity contribution in [1.82, 2.24) is 0 Å². The van der Waals surface area contributed by atoms with E-state index in [1.807, 2.05) is 0 Å². The number of ether oxygens (including phenoxy) is 1. The normalized spacial score (nSPS) is 26.4. The summed E-state index contributed by atoms with van der Waals surface area (Å²) in [6.07, 6.45) is 0.871. The van der Waals surface area contributed by atoms with Crippen LogP contribution in [0.2, 0.25) is 5.02 Å². The quantitative estimate of drug-likeness (QED) is 0.889. The molecule has 1 heterocycles. The van der Waals surface area contributed by atoms with Gasteiger partial charge in [0, 0.05) is 12.0 Å². The first kappa shape index (κ1) is 14.8. The van der Waals surface area contributed by atoms with Crippen LogP contribution in [0.15, 0.2) is 18.2 Å². The predicted octanol–water partition coefficient (Wildman–Crippen LogP) is 4.07. The van der Waals surface area contributed by atoms with E-state index < -0.39 is 5.82 Å². The van der Waals surface area contributed by atoms with Gasteiger partial charge >= 0.3 is 0 Å². The van der Waals surface area contributed by atoms with E-state index in [-0.39, 0.29) is 28.2 Å². The maximum Gasteiger partial charge on any atom is 0.141 e. The van der Waals surface area contributed by atoms with Crippen molar-refractivity contribution in [1.29, 1.82) is 0 Å². The van der Waals surface area contributed by atoms with Crippen LogP contribution in [0.25, 0.3) is 0 Å². The van der Waals surface area contributed by atoms with Crippen LogP contribution in [0.4, 0.5) is 4.39 Å². The van der Waals surface area contributed by atoms with Gasteiger partial charge in [0.1, 0.15) is 5.82 Å². The van der Waals surface area contributed by atoms with E-state index in [0.717, 1.165) is 12.0 Å². The Kier molecular flexibility index (Phi) is 3.67. The minimum atomic E-state index is -0.417. The first-order valence-corrected chi connectivity index (χ1v) is 6.91. The zero-order valence-electron chi connectivity index (χ0n) is 11.8. The molecule has 0 aliphatic carbocycles. The Hall–Kier alpha value is -0.640. The van der Waals surface area contributed by atoms with Crippen LogP contribution >= 0.6 is 11.6 Å². The highest BCUT2D eigenvalue weighted by molar-refractivity contribution is 6.30. The van der Waals surface area contributed by atoms with Crippen LogP contribution in [0.1, 0.15) is 45.7 Å². The molecule has 0 radical (unpaired) electrons. The summed E-state index contributed by atoms with van der Waals surface area (Å²) < 4.78 is 19.3. The summed E-state index contributed by atoms with van der Waals surface area (Å²) in [5.41, 5.74) is 6.72. The van der Waals surface area contributed by atoms with Gasteiger partial charge < -0.3 is 10.5 Å². The Morgan fingerprint density at radius 1 is 1.37 bits per heavy atom. The van der Waals surface area contributed by atoms with E-state index in [4.69, 9.17) is 22.1 Å². The fraction of sp³-hybridized carbons (Fsp3) is 0.600. The third kappa shape index (κ3) is 2.93. The molecule has 0 amide bonds. The van der Waals surface area contributed by atoms with Gasteiger partial charge in [-0.25, -0.2) is 4.39 Å². The van der Waals surface area contributed by atoms with E-state index in [2.05, 4.69) is 27.7 Å². The van der Waals surface area contributed by atoms with Gasteiger partial charge in [-0.1, -0.05) is 17.7 Å². The predicted molar refractivity (Wildman–Crippen MR) is 75.7 cm³/mol. The summed E-state index contributed by atoms with van der Waals surface area (Å²) in [5.74, 6) is -0.246. The number of benzene rings is 1. The van der Waals surface area contributed by atoms with E-state index in [9.17, 15) is 4.39 Å². The van der Waals surface area contributed by atoms with Gasteiger partial charge in [-0.2, -0.15) is 0 Å². The Labute approximate surface area is 119 Å². The fourth-order valence-corrected chi connectivity index (χ4v) is 3.31. The Bertz CT molecular complexity index is 487. The van der Waals surface area contributed by atoms with E-state index in [1.165, 1.54) is 6.07 Å². The summed E-state index contributed by atoms with van der Waals surface area (Å²) in [5, 5.41) is 0.115. The van der Waals surface area contributed by atoms with Crippen molar-refractivity contribution in [2.24, 2.45) is 11.7 Å². The Balaban J connectivity index is 2.28. The van der Waals surface area contributed by atoms with Gasteiger partial charge in [-0.05, 0) is 51.8 Å². The van der Waals surface area contributed by atoms with Gasteiger partial charge in [-0.15, -0.1) is 0 Å². The van der Waals surface area contributed by atoms with Crippen molar-refractivity contribution in [2.45, 2.75) is 51.4 Å². The SMILES string of the molecule is CC1(C)CC(C(N)c2ccc(F)c(Cl)c2)C(C)(C)O1. The van der Waals surface area contributed by atoms with Crippen molar-refractivity contribution in [3.05, 3.63) is 34.6 Å². The lowest BCUT2D eigenvalue weighted by Gasteiger charge is -2.31. The van der Waals surface area contributed by atoms with Crippen LogP contribution in [0.5, 0.6) is 0 Å². The lowest BCUT2D eigenvalue weighted by molar-refractivity contribution is -0.0767. The third-order valence-corrected chi connectivity index (χ3v) is 4.20. The molecule has 0 spiro atoms. The fourth-order valence-electron chi connectivity index (χ4n) is 3.12. The van der Waals surface area contributed by atoms with Crippen molar-refractivity contribution < 1.29 is 9.13 Å². The molecule has 1 saturated heterocycles.